The van der Waals surface area contributed by atoms with Crippen molar-refractivity contribution in [1.82, 2.24) is 10.0 Å². The molecular formula is C18H26N2O4S. The Morgan fingerprint density at radius 1 is 1.12 bits per heavy atom. The molecule has 2 N–H and O–H groups in total. The highest BCUT2D eigenvalue weighted by Gasteiger charge is 2.17. The summed E-state index contributed by atoms with van der Waals surface area (Å²) in [5.74, 6) is -0.327. The maximum absolute atomic E-state index is 12.3. The molecule has 0 aromatic heterocycles. The van der Waals surface area contributed by atoms with Gasteiger partial charge in [0.1, 0.15) is 0 Å². The van der Waals surface area contributed by atoms with E-state index in [9.17, 15) is 18.0 Å². The van der Waals surface area contributed by atoms with E-state index >= 15 is 0 Å². The number of rotatable bonds is 7. The molecule has 0 heterocycles. The number of benzene rings is 1. The van der Waals surface area contributed by atoms with E-state index in [1.165, 1.54) is 38.0 Å². The average Bonchev–Trinajstić information content (AvgIpc) is 2.83. The van der Waals surface area contributed by atoms with E-state index in [-0.39, 0.29) is 35.6 Å². The third kappa shape index (κ3) is 6.25. The van der Waals surface area contributed by atoms with Gasteiger partial charge in [-0.25, -0.2) is 13.1 Å². The molecule has 0 aliphatic heterocycles. The van der Waals surface area contributed by atoms with Crippen LogP contribution in [0.4, 0.5) is 0 Å². The van der Waals surface area contributed by atoms with Gasteiger partial charge in [-0.3, -0.25) is 9.59 Å². The van der Waals surface area contributed by atoms with Crippen molar-refractivity contribution >= 4 is 21.7 Å². The second kappa shape index (κ2) is 9.10. The lowest BCUT2D eigenvalue weighted by Gasteiger charge is -2.16. The summed E-state index contributed by atoms with van der Waals surface area (Å²) in [6.07, 6.45) is 6.78. The van der Waals surface area contributed by atoms with Gasteiger partial charge in [0.2, 0.25) is 15.9 Å². The first kappa shape index (κ1) is 19.6. The highest BCUT2D eigenvalue weighted by molar-refractivity contribution is 7.89. The van der Waals surface area contributed by atoms with Crippen LogP contribution in [0, 0.1) is 0 Å². The molecule has 0 atom stereocenters. The van der Waals surface area contributed by atoms with Crippen molar-refractivity contribution < 1.29 is 18.0 Å². The SMILES string of the molecule is CC(=O)c1cccc(S(=O)(=O)NCCC(=O)NC2CCCCCC2)c1. The average molecular weight is 366 g/mol. The highest BCUT2D eigenvalue weighted by Crippen LogP contribution is 2.17. The standard InChI is InChI=1S/C18H26N2O4S/c1-14(21)15-7-6-10-17(13-15)25(23,24)19-12-11-18(22)20-16-8-4-2-3-5-9-16/h6-7,10,13,16,19H,2-5,8-9,11-12H2,1H3,(H,20,22). The normalized spacial score (nSPS) is 16.2. The Labute approximate surface area is 149 Å². The second-order valence-electron chi connectivity index (χ2n) is 6.49. The molecule has 0 spiro atoms. The molecule has 0 radical (unpaired) electrons. The van der Waals surface area contributed by atoms with E-state index in [1.807, 2.05) is 0 Å². The summed E-state index contributed by atoms with van der Waals surface area (Å²) >= 11 is 0. The minimum absolute atomic E-state index is 0.0318. The fraction of sp³-hybridized carbons (Fsp3) is 0.556. The third-order valence-electron chi connectivity index (χ3n) is 4.42. The molecule has 1 aliphatic carbocycles. The molecule has 0 unspecified atom stereocenters. The number of amides is 1. The van der Waals surface area contributed by atoms with Crippen LogP contribution in [-0.4, -0.2) is 32.7 Å². The van der Waals surface area contributed by atoms with Gasteiger partial charge in [0, 0.05) is 24.6 Å². The smallest absolute Gasteiger partial charge is 0.240 e. The zero-order valence-electron chi connectivity index (χ0n) is 14.6. The molecule has 0 bridgehead atoms. The summed E-state index contributed by atoms with van der Waals surface area (Å²) in [5, 5.41) is 2.99. The van der Waals surface area contributed by atoms with Gasteiger partial charge in [-0.05, 0) is 31.9 Å². The molecule has 25 heavy (non-hydrogen) atoms. The fourth-order valence-corrected chi connectivity index (χ4v) is 4.07. The molecule has 1 amide bonds. The summed E-state index contributed by atoms with van der Waals surface area (Å²) in [7, 11) is -3.73. The number of ketones is 1. The van der Waals surface area contributed by atoms with Crippen LogP contribution in [0.15, 0.2) is 29.2 Å². The maximum atomic E-state index is 12.3. The van der Waals surface area contributed by atoms with Crippen LogP contribution in [0.5, 0.6) is 0 Å². The number of Topliss-reactive ketones (excluding diaryl/α,β-unsaturated/α-hetero) is 1. The molecule has 7 heteroatoms. The quantitative estimate of drug-likeness (QED) is 0.572. The van der Waals surface area contributed by atoms with Crippen LogP contribution in [0.1, 0.15) is 62.2 Å². The van der Waals surface area contributed by atoms with E-state index in [4.69, 9.17) is 0 Å². The lowest BCUT2D eigenvalue weighted by atomic mass is 10.1. The second-order valence-corrected chi connectivity index (χ2v) is 8.25. The molecule has 6 nitrogen and oxygen atoms in total. The van der Waals surface area contributed by atoms with Crippen LogP contribution < -0.4 is 10.0 Å². The van der Waals surface area contributed by atoms with Crippen LogP contribution in [-0.2, 0) is 14.8 Å². The van der Waals surface area contributed by atoms with Gasteiger partial charge in [0.05, 0.1) is 4.90 Å². The summed E-state index contributed by atoms with van der Waals surface area (Å²) in [6.45, 7) is 1.42. The van der Waals surface area contributed by atoms with Gasteiger partial charge in [-0.1, -0.05) is 37.8 Å². The van der Waals surface area contributed by atoms with E-state index in [2.05, 4.69) is 10.0 Å². The van der Waals surface area contributed by atoms with Gasteiger partial charge in [0.15, 0.2) is 5.78 Å². The van der Waals surface area contributed by atoms with Crippen molar-refractivity contribution in [2.24, 2.45) is 0 Å². The first-order valence-corrected chi connectivity index (χ1v) is 10.3. The zero-order chi connectivity index (χ0) is 18.3. The number of hydrogen-bond donors (Lipinski definition) is 2. The van der Waals surface area contributed by atoms with Gasteiger partial charge in [-0.15, -0.1) is 0 Å². The van der Waals surface area contributed by atoms with E-state index in [0.717, 1.165) is 25.7 Å². The molecule has 1 aromatic carbocycles. The minimum Gasteiger partial charge on any atom is -0.353 e. The topological polar surface area (TPSA) is 92.3 Å². The highest BCUT2D eigenvalue weighted by atomic mass is 32.2. The van der Waals surface area contributed by atoms with E-state index in [1.54, 1.807) is 6.07 Å². The predicted octanol–water partition coefficient (Wildman–Crippen LogP) is 2.40. The first-order chi connectivity index (χ1) is 11.9. The number of hydrogen-bond acceptors (Lipinski definition) is 4. The lowest BCUT2D eigenvalue weighted by molar-refractivity contribution is -0.121. The van der Waals surface area contributed by atoms with E-state index in [0.29, 0.717) is 5.56 Å². The number of carbonyl (C=O) groups is 2. The fourth-order valence-electron chi connectivity index (χ4n) is 2.99. The Bertz CT molecular complexity index is 708. The summed E-state index contributed by atoms with van der Waals surface area (Å²) in [6, 6.07) is 6.08. The van der Waals surface area contributed by atoms with Crippen LogP contribution in [0.25, 0.3) is 0 Å². The van der Waals surface area contributed by atoms with Crippen molar-refractivity contribution in [2.45, 2.75) is 62.8 Å². The summed E-state index contributed by atoms with van der Waals surface area (Å²) in [5.41, 5.74) is 0.342. The molecule has 2 rings (SSSR count). The number of carbonyl (C=O) groups excluding carboxylic acids is 2. The molecule has 1 aliphatic rings. The minimum atomic E-state index is -3.73. The maximum Gasteiger partial charge on any atom is 0.240 e. The number of sulfonamides is 1. The van der Waals surface area contributed by atoms with Crippen molar-refractivity contribution in [1.29, 1.82) is 0 Å². The van der Waals surface area contributed by atoms with Crippen LogP contribution >= 0.6 is 0 Å². The Hall–Kier alpha value is -1.73. The Morgan fingerprint density at radius 3 is 2.44 bits per heavy atom. The van der Waals surface area contributed by atoms with Gasteiger partial charge < -0.3 is 5.32 Å². The molecule has 0 saturated heterocycles. The zero-order valence-corrected chi connectivity index (χ0v) is 15.4. The summed E-state index contributed by atoms with van der Waals surface area (Å²) < 4.78 is 27.0. The molecular weight excluding hydrogens is 340 g/mol. The van der Waals surface area contributed by atoms with Crippen LogP contribution in [0.2, 0.25) is 0 Å². The third-order valence-corrected chi connectivity index (χ3v) is 5.87. The Balaban J connectivity index is 1.84. The van der Waals surface area contributed by atoms with Crippen LogP contribution in [0.3, 0.4) is 0 Å². The molecule has 1 fully saturated rings. The lowest BCUT2D eigenvalue weighted by Crippen LogP contribution is -2.36. The first-order valence-electron chi connectivity index (χ1n) is 8.78. The molecule has 1 aromatic rings. The summed E-state index contributed by atoms with van der Waals surface area (Å²) in [4.78, 5) is 23.4. The molecule has 138 valence electrons. The Kier molecular flexibility index (Phi) is 7.13. The van der Waals surface area contributed by atoms with Crippen molar-refractivity contribution in [2.75, 3.05) is 6.54 Å². The van der Waals surface area contributed by atoms with Crippen molar-refractivity contribution in [3.8, 4) is 0 Å². The van der Waals surface area contributed by atoms with Crippen molar-refractivity contribution in [3.05, 3.63) is 29.8 Å². The monoisotopic (exact) mass is 366 g/mol. The van der Waals surface area contributed by atoms with E-state index < -0.39 is 10.0 Å². The Morgan fingerprint density at radius 2 is 1.80 bits per heavy atom. The van der Waals surface area contributed by atoms with Crippen molar-refractivity contribution in [3.63, 3.8) is 0 Å². The predicted molar refractivity (Wildman–Crippen MR) is 95.9 cm³/mol. The largest absolute Gasteiger partial charge is 0.353 e. The van der Waals surface area contributed by atoms with Gasteiger partial charge in [-0.2, -0.15) is 0 Å². The molecule has 1 saturated carbocycles. The van der Waals surface area contributed by atoms with Gasteiger partial charge >= 0.3 is 0 Å². The number of nitrogens with one attached hydrogen (secondary N) is 2. The van der Waals surface area contributed by atoms with Gasteiger partial charge in [0.25, 0.3) is 0 Å².